The van der Waals surface area contributed by atoms with Crippen LogP contribution in [0.3, 0.4) is 0 Å². The summed E-state index contributed by atoms with van der Waals surface area (Å²) in [5.41, 5.74) is 2.91. The van der Waals surface area contributed by atoms with E-state index in [1.54, 1.807) is 22.9 Å². The summed E-state index contributed by atoms with van der Waals surface area (Å²) in [4.78, 5) is 4.57. The van der Waals surface area contributed by atoms with Gasteiger partial charge in [0.05, 0.1) is 11.2 Å². The fourth-order valence-electron chi connectivity index (χ4n) is 2.03. The second-order valence-electron chi connectivity index (χ2n) is 4.31. The van der Waals surface area contributed by atoms with Crippen molar-refractivity contribution in [2.75, 3.05) is 0 Å². The van der Waals surface area contributed by atoms with Crippen molar-refractivity contribution in [3.63, 3.8) is 0 Å². The van der Waals surface area contributed by atoms with Gasteiger partial charge in [0.1, 0.15) is 6.10 Å². The molecule has 0 amide bonds. The van der Waals surface area contributed by atoms with Crippen LogP contribution < -0.4 is 0 Å². The highest BCUT2D eigenvalue weighted by Gasteiger charge is 2.13. The van der Waals surface area contributed by atoms with Crippen LogP contribution in [0.2, 0.25) is 0 Å². The Labute approximate surface area is 114 Å². The van der Waals surface area contributed by atoms with Gasteiger partial charge in [-0.1, -0.05) is 12.1 Å². The Bertz CT molecular complexity index is 777. The van der Waals surface area contributed by atoms with Gasteiger partial charge in [-0.05, 0) is 42.0 Å². The van der Waals surface area contributed by atoms with Gasteiger partial charge in [-0.25, -0.2) is 0 Å². The summed E-state index contributed by atoms with van der Waals surface area (Å²) in [7, 11) is 1.85. The van der Waals surface area contributed by atoms with Gasteiger partial charge in [-0.2, -0.15) is 0 Å². The highest BCUT2D eigenvalue weighted by Crippen LogP contribution is 2.25. The highest BCUT2D eigenvalue weighted by molar-refractivity contribution is 7.71. The second kappa shape index (κ2) is 4.60. The Morgan fingerprint density at radius 3 is 2.89 bits per heavy atom. The summed E-state index contributed by atoms with van der Waals surface area (Å²) in [5.74, 6) is 0. The molecule has 2 aromatic heterocycles. The molecule has 1 N–H and O–H groups in total. The summed E-state index contributed by atoms with van der Waals surface area (Å²) in [6.07, 6.45) is 0.889. The van der Waals surface area contributed by atoms with Gasteiger partial charge in [0.2, 0.25) is 0 Å². The molecule has 0 aliphatic rings. The quantitative estimate of drug-likeness (QED) is 0.729. The number of aliphatic hydroxyl groups is 1. The van der Waals surface area contributed by atoms with Gasteiger partial charge in [-0.15, -0.1) is 0 Å². The molecule has 1 aromatic carbocycles. The Balaban J connectivity index is 2.09. The van der Waals surface area contributed by atoms with E-state index >= 15 is 0 Å². The van der Waals surface area contributed by atoms with E-state index in [4.69, 9.17) is 16.6 Å². The molecular formula is C14H12N2O2S. The lowest BCUT2D eigenvalue weighted by molar-refractivity contribution is 0.215. The summed E-state index contributed by atoms with van der Waals surface area (Å²) < 4.78 is 7.26. The number of rotatable bonds is 2. The van der Waals surface area contributed by atoms with Gasteiger partial charge in [0, 0.05) is 13.2 Å². The van der Waals surface area contributed by atoms with E-state index < -0.39 is 6.10 Å². The van der Waals surface area contributed by atoms with E-state index in [1.165, 1.54) is 0 Å². The topological polar surface area (TPSA) is 51.2 Å². The number of aryl methyl sites for hydroxylation is 1. The third-order valence-corrected chi connectivity index (χ3v) is 3.46. The van der Waals surface area contributed by atoms with Crippen molar-refractivity contribution in [2.45, 2.75) is 6.10 Å². The molecule has 5 heteroatoms. The third-order valence-electron chi connectivity index (χ3n) is 3.10. The number of benzene rings is 1. The maximum Gasteiger partial charge on any atom is 0.269 e. The summed E-state index contributed by atoms with van der Waals surface area (Å²) in [5, 5.41) is 10.3. The fourth-order valence-corrected chi connectivity index (χ4v) is 2.22. The van der Waals surface area contributed by atoms with Crippen LogP contribution >= 0.6 is 12.2 Å². The van der Waals surface area contributed by atoms with E-state index in [-0.39, 0.29) is 0 Å². The summed E-state index contributed by atoms with van der Waals surface area (Å²) >= 11 is 5.08. The minimum absolute atomic E-state index is 0.416. The van der Waals surface area contributed by atoms with E-state index in [1.807, 2.05) is 31.3 Å². The van der Waals surface area contributed by atoms with Crippen LogP contribution in [0.1, 0.15) is 17.4 Å². The van der Waals surface area contributed by atoms with Gasteiger partial charge < -0.3 is 14.1 Å². The number of aliphatic hydroxyl groups excluding tert-OH is 1. The van der Waals surface area contributed by atoms with Crippen molar-refractivity contribution >= 4 is 23.3 Å². The Hall–Kier alpha value is -1.98. The maximum atomic E-state index is 10.3. The van der Waals surface area contributed by atoms with E-state index in [9.17, 15) is 5.11 Å². The molecule has 1 atom stereocenters. The number of hydrogen-bond donors (Lipinski definition) is 1. The molecule has 2 heterocycles. The molecule has 3 rings (SSSR count). The van der Waals surface area contributed by atoms with Gasteiger partial charge >= 0.3 is 0 Å². The lowest BCUT2D eigenvalue weighted by Crippen LogP contribution is -2.01. The fraction of sp³-hybridized carbons (Fsp3) is 0.143. The van der Waals surface area contributed by atoms with Crippen molar-refractivity contribution < 1.29 is 9.52 Å². The van der Waals surface area contributed by atoms with Crippen LogP contribution in [0.4, 0.5) is 0 Å². The molecule has 0 fully saturated rings. The lowest BCUT2D eigenvalue weighted by atomic mass is 10.1. The molecule has 0 spiro atoms. The number of pyridine rings is 1. The molecular weight excluding hydrogens is 260 g/mol. The van der Waals surface area contributed by atoms with E-state index in [0.29, 0.717) is 16.1 Å². The van der Waals surface area contributed by atoms with E-state index in [0.717, 1.165) is 11.1 Å². The van der Waals surface area contributed by atoms with Gasteiger partial charge in [0.25, 0.3) is 4.84 Å². The van der Waals surface area contributed by atoms with Crippen LogP contribution in [0.25, 0.3) is 11.1 Å². The smallest absolute Gasteiger partial charge is 0.269 e. The second-order valence-corrected chi connectivity index (χ2v) is 4.66. The molecule has 0 aliphatic heterocycles. The van der Waals surface area contributed by atoms with Crippen molar-refractivity contribution in [3.05, 3.63) is 58.7 Å². The molecule has 0 saturated heterocycles. The Kier molecular flexibility index (Phi) is 2.93. The largest absolute Gasteiger partial charge is 0.429 e. The number of nitrogens with zero attached hydrogens (tertiary/aromatic N) is 2. The molecule has 0 radical (unpaired) electrons. The lowest BCUT2D eigenvalue weighted by Gasteiger charge is -2.09. The van der Waals surface area contributed by atoms with Crippen molar-refractivity contribution in [2.24, 2.45) is 7.05 Å². The minimum Gasteiger partial charge on any atom is -0.429 e. The molecule has 0 bridgehead atoms. The monoisotopic (exact) mass is 272 g/mol. The van der Waals surface area contributed by atoms with E-state index in [2.05, 4.69) is 4.98 Å². The standard InChI is InChI=1S/C14H12N2O2S/c1-16-11-6-5-9(8-12(11)18-14(16)19)13(17)10-4-2-3-7-15-10/h2-8,13,17H,1H3. The molecule has 0 saturated carbocycles. The summed E-state index contributed by atoms with van der Waals surface area (Å²) in [6, 6.07) is 11.0. The minimum atomic E-state index is -0.769. The van der Waals surface area contributed by atoms with Crippen LogP contribution in [0.15, 0.2) is 47.0 Å². The highest BCUT2D eigenvalue weighted by atomic mass is 32.1. The Morgan fingerprint density at radius 2 is 2.16 bits per heavy atom. The Morgan fingerprint density at radius 1 is 1.32 bits per heavy atom. The number of fused-ring (bicyclic) bond motifs is 1. The first-order valence-corrected chi connectivity index (χ1v) is 6.26. The molecule has 1 unspecified atom stereocenters. The first kappa shape index (κ1) is 12.1. The molecule has 96 valence electrons. The molecule has 0 aliphatic carbocycles. The summed E-state index contributed by atoms with van der Waals surface area (Å²) in [6.45, 7) is 0. The number of hydrogen-bond acceptors (Lipinski definition) is 4. The first-order valence-electron chi connectivity index (χ1n) is 5.85. The average Bonchev–Trinajstić information content (AvgIpc) is 2.74. The number of oxazole rings is 1. The van der Waals surface area contributed by atoms with Crippen molar-refractivity contribution in [1.82, 2.24) is 9.55 Å². The van der Waals surface area contributed by atoms with Crippen LogP contribution in [-0.4, -0.2) is 14.7 Å². The zero-order valence-corrected chi connectivity index (χ0v) is 11.1. The first-order chi connectivity index (χ1) is 9.16. The average molecular weight is 272 g/mol. The van der Waals surface area contributed by atoms with Crippen molar-refractivity contribution in [3.8, 4) is 0 Å². The number of aromatic nitrogens is 2. The van der Waals surface area contributed by atoms with Crippen LogP contribution in [0.5, 0.6) is 0 Å². The zero-order valence-electron chi connectivity index (χ0n) is 10.3. The van der Waals surface area contributed by atoms with Crippen molar-refractivity contribution in [1.29, 1.82) is 0 Å². The molecule has 3 aromatic rings. The maximum absolute atomic E-state index is 10.3. The molecule has 19 heavy (non-hydrogen) atoms. The third kappa shape index (κ3) is 2.07. The predicted octanol–water partition coefficient (Wildman–Crippen LogP) is 2.98. The zero-order chi connectivity index (χ0) is 13.4. The predicted molar refractivity (Wildman–Crippen MR) is 74.3 cm³/mol. The SMILES string of the molecule is Cn1c(=S)oc2cc(C(O)c3ccccn3)ccc21. The van der Waals surface area contributed by atoms with Gasteiger partial charge in [-0.3, -0.25) is 4.98 Å². The molecule has 4 nitrogen and oxygen atoms in total. The normalized spacial score (nSPS) is 12.7. The van der Waals surface area contributed by atoms with Gasteiger partial charge in [0.15, 0.2) is 5.58 Å². The van der Waals surface area contributed by atoms with Crippen LogP contribution in [-0.2, 0) is 7.05 Å². The van der Waals surface area contributed by atoms with Crippen LogP contribution in [0, 0.1) is 4.84 Å².